The van der Waals surface area contributed by atoms with Crippen LogP contribution in [0.3, 0.4) is 0 Å². The first-order valence-corrected chi connectivity index (χ1v) is 6.80. The molecule has 0 aromatic heterocycles. The van der Waals surface area contributed by atoms with Gasteiger partial charge in [-0.3, -0.25) is 0 Å². The minimum absolute atomic E-state index is 0.00924. The number of carbonyl (C=O) groups is 1. The SMILES string of the molecule is CC1CCCC(C)N1C(=O)NCC1(O)CCC1. The van der Waals surface area contributed by atoms with E-state index in [1.165, 1.54) is 6.42 Å². The van der Waals surface area contributed by atoms with Crippen molar-refractivity contribution in [3.8, 4) is 0 Å². The highest BCUT2D eigenvalue weighted by Crippen LogP contribution is 2.31. The van der Waals surface area contributed by atoms with E-state index in [9.17, 15) is 9.90 Å². The van der Waals surface area contributed by atoms with Crippen molar-refractivity contribution in [2.24, 2.45) is 0 Å². The molecule has 4 heteroatoms. The third-order valence-corrected chi connectivity index (χ3v) is 4.28. The number of urea groups is 1. The summed E-state index contributed by atoms with van der Waals surface area (Å²) in [7, 11) is 0. The summed E-state index contributed by atoms with van der Waals surface area (Å²) in [5.41, 5.74) is -0.627. The van der Waals surface area contributed by atoms with Crippen LogP contribution in [0.2, 0.25) is 0 Å². The van der Waals surface area contributed by atoms with Gasteiger partial charge in [0.05, 0.1) is 5.60 Å². The minimum atomic E-state index is -0.627. The second kappa shape index (κ2) is 4.84. The predicted octanol–water partition coefficient (Wildman–Crippen LogP) is 1.87. The van der Waals surface area contributed by atoms with E-state index in [0.717, 1.165) is 32.1 Å². The lowest BCUT2D eigenvalue weighted by Gasteiger charge is -2.41. The highest BCUT2D eigenvalue weighted by atomic mass is 16.3. The van der Waals surface area contributed by atoms with Gasteiger partial charge in [-0.05, 0) is 52.4 Å². The summed E-state index contributed by atoms with van der Waals surface area (Å²) in [5.74, 6) is 0. The fraction of sp³-hybridized carbons (Fsp3) is 0.923. The first kappa shape index (κ1) is 12.7. The maximum atomic E-state index is 12.1. The van der Waals surface area contributed by atoms with Gasteiger partial charge in [-0.25, -0.2) is 4.79 Å². The topological polar surface area (TPSA) is 52.6 Å². The quantitative estimate of drug-likeness (QED) is 0.774. The molecular formula is C13H24N2O2. The van der Waals surface area contributed by atoms with Gasteiger partial charge in [-0.2, -0.15) is 0 Å². The van der Waals surface area contributed by atoms with Gasteiger partial charge in [0.25, 0.3) is 0 Å². The lowest BCUT2D eigenvalue weighted by atomic mass is 9.80. The Morgan fingerprint density at radius 3 is 2.35 bits per heavy atom. The van der Waals surface area contributed by atoms with E-state index in [0.29, 0.717) is 18.6 Å². The fourth-order valence-electron chi connectivity index (χ4n) is 2.91. The van der Waals surface area contributed by atoms with E-state index in [4.69, 9.17) is 0 Å². The van der Waals surface area contributed by atoms with Gasteiger partial charge in [0.2, 0.25) is 0 Å². The highest BCUT2D eigenvalue weighted by molar-refractivity contribution is 5.75. The van der Waals surface area contributed by atoms with Gasteiger partial charge in [0.1, 0.15) is 0 Å². The molecule has 0 radical (unpaired) electrons. The number of aliphatic hydroxyl groups is 1. The first-order chi connectivity index (χ1) is 8.02. The largest absolute Gasteiger partial charge is 0.388 e. The molecule has 0 spiro atoms. The van der Waals surface area contributed by atoms with E-state index in [2.05, 4.69) is 19.2 Å². The molecule has 17 heavy (non-hydrogen) atoms. The molecule has 0 aromatic carbocycles. The van der Waals surface area contributed by atoms with Crippen LogP contribution in [0, 0.1) is 0 Å². The smallest absolute Gasteiger partial charge is 0.317 e. The van der Waals surface area contributed by atoms with Gasteiger partial charge in [-0.15, -0.1) is 0 Å². The molecule has 2 N–H and O–H groups in total. The first-order valence-electron chi connectivity index (χ1n) is 6.80. The Kier molecular flexibility index (Phi) is 3.61. The summed E-state index contributed by atoms with van der Waals surface area (Å²) in [4.78, 5) is 14.0. The highest BCUT2D eigenvalue weighted by Gasteiger charge is 2.36. The molecule has 2 rings (SSSR count). The normalized spacial score (nSPS) is 31.8. The summed E-state index contributed by atoms with van der Waals surface area (Å²) in [6, 6.07) is 0.620. The number of rotatable bonds is 2. The molecule has 2 fully saturated rings. The molecule has 4 nitrogen and oxygen atoms in total. The summed E-state index contributed by atoms with van der Waals surface area (Å²) >= 11 is 0. The Hall–Kier alpha value is -0.770. The van der Waals surface area contributed by atoms with Gasteiger partial charge in [0, 0.05) is 18.6 Å². The van der Waals surface area contributed by atoms with Gasteiger partial charge in [0.15, 0.2) is 0 Å². The molecule has 0 aromatic rings. The molecule has 2 aliphatic rings. The van der Waals surface area contributed by atoms with Crippen LogP contribution in [0.5, 0.6) is 0 Å². The summed E-state index contributed by atoms with van der Waals surface area (Å²) in [5, 5.41) is 12.8. The van der Waals surface area contributed by atoms with Crippen LogP contribution in [0.4, 0.5) is 4.79 Å². The van der Waals surface area contributed by atoms with Crippen molar-refractivity contribution in [2.75, 3.05) is 6.54 Å². The number of carbonyl (C=O) groups excluding carboxylic acids is 1. The van der Waals surface area contributed by atoms with Crippen LogP contribution in [-0.4, -0.2) is 40.3 Å². The molecule has 2 unspecified atom stereocenters. The zero-order valence-electron chi connectivity index (χ0n) is 10.9. The van der Waals surface area contributed by atoms with Crippen LogP contribution in [0.25, 0.3) is 0 Å². The van der Waals surface area contributed by atoms with E-state index in [1.54, 1.807) is 0 Å². The standard InChI is InChI=1S/C13H24N2O2/c1-10-5-3-6-11(2)15(10)12(16)14-9-13(17)7-4-8-13/h10-11,17H,3-9H2,1-2H3,(H,14,16). The molecule has 0 bridgehead atoms. The molecule has 1 saturated heterocycles. The van der Waals surface area contributed by atoms with Gasteiger partial charge < -0.3 is 15.3 Å². The number of piperidine rings is 1. The van der Waals surface area contributed by atoms with Crippen molar-refractivity contribution >= 4 is 6.03 Å². The van der Waals surface area contributed by atoms with Crippen molar-refractivity contribution in [3.63, 3.8) is 0 Å². The van der Waals surface area contributed by atoms with Crippen molar-refractivity contribution < 1.29 is 9.90 Å². The van der Waals surface area contributed by atoms with E-state index < -0.39 is 5.60 Å². The molecular weight excluding hydrogens is 216 g/mol. The average Bonchev–Trinajstić information content (AvgIpc) is 2.23. The second-order valence-electron chi connectivity index (χ2n) is 5.77. The number of amides is 2. The van der Waals surface area contributed by atoms with Crippen LogP contribution in [0.1, 0.15) is 52.4 Å². The third kappa shape index (κ3) is 2.73. The van der Waals surface area contributed by atoms with E-state index in [-0.39, 0.29) is 6.03 Å². The fourth-order valence-corrected chi connectivity index (χ4v) is 2.91. The van der Waals surface area contributed by atoms with Crippen LogP contribution in [0.15, 0.2) is 0 Å². The summed E-state index contributed by atoms with van der Waals surface area (Å²) in [6.07, 6.45) is 6.08. The zero-order valence-corrected chi connectivity index (χ0v) is 10.9. The average molecular weight is 240 g/mol. The third-order valence-electron chi connectivity index (χ3n) is 4.28. The number of hydrogen-bond donors (Lipinski definition) is 2. The Morgan fingerprint density at radius 1 is 1.29 bits per heavy atom. The Morgan fingerprint density at radius 2 is 1.88 bits per heavy atom. The maximum Gasteiger partial charge on any atom is 0.317 e. The minimum Gasteiger partial charge on any atom is -0.388 e. The summed E-state index contributed by atoms with van der Waals surface area (Å²) < 4.78 is 0. The monoisotopic (exact) mass is 240 g/mol. The lowest BCUT2D eigenvalue weighted by Crippen LogP contribution is -2.55. The van der Waals surface area contributed by atoms with Crippen LogP contribution in [-0.2, 0) is 0 Å². The molecule has 98 valence electrons. The van der Waals surface area contributed by atoms with E-state index in [1.807, 2.05) is 4.90 Å². The number of nitrogens with one attached hydrogen (secondary N) is 1. The maximum absolute atomic E-state index is 12.1. The van der Waals surface area contributed by atoms with Crippen molar-refractivity contribution in [1.82, 2.24) is 10.2 Å². The van der Waals surface area contributed by atoms with Gasteiger partial charge in [-0.1, -0.05) is 0 Å². The van der Waals surface area contributed by atoms with Crippen molar-refractivity contribution in [2.45, 2.75) is 70.1 Å². The molecule has 1 aliphatic heterocycles. The second-order valence-corrected chi connectivity index (χ2v) is 5.77. The number of hydrogen-bond acceptors (Lipinski definition) is 2. The molecule has 2 amide bonds. The van der Waals surface area contributed by atoms with E-state index >= 15 is 0 Å². The number of likely N-dealkylation sites (tertiary alicyclic amines) is 1. The predicted molar refractivity (Wildman–Crippen MR) is 66.8 cm³/mol. The molecule has 1 saturated carbocycles. The van der Waals surface area contributed by atoms with Crippen LogP contribution >= 0.6 is 0 Å². The number of nitrogens with zero attached hydrogens (tertiary/aromatic N) is 1. The Balaban J connectivity index is 1.85. The summed E-state index contributed by atoms with van der Waals surface area (Å²) in [6.45, 7) is 4.61. The zero-order chi connectivity index (χ0) is 12.5. The lowest BCUT2D eigenvalue weighted by molar-refractivity contribution is -0.0305. The Bertz CT molecular complexity index is 279. The molecule has 1 aliphatic carbocycles. The van der Waals surface area contributed by atoms with Crippen LogP contribution < -0.4 is 5.32 Å². The molecule has 1 heterocycles. The molecule has 2 atom stereocenters. The Labute approximate surface area is 103 Å². The van der Waals surface area contributed by atoms with Gasteiger partial charge >= 0.3 is 6.03 Å². The van der Waals surface area contributed by atoms with Crippen molar-refractivity contribution in [3.05, 3.63) is 0 Å². The van der Waals surface area contributed by atoms with Crippen molar-refractivity contribution in [1.29, 1.82) is 0 Å².